The number of aliphatic hydroxyl groups excluding tert-OH is 1. The lowest BCUT2D eigenvalue weighted by Crippen LogP contribution is -2.33. The van der Waals surface area contributed by atoms with Crippen LogP contribution in [0.4, 0.5) is 0 Å². The van der Waals surface area contributed by atoms with E-state index < -0.39 is 0 Å². The van der Waals surface area contributed by atoms with Crippen molar-refractivity contribution in [3.8, 4) is 0 Å². The van der Waals surface area contributed by atoms with Crippen molar-refractivity contribution >= 4 is 0 Å². The second-order valence-electron chi connectivity index (χ2n) is 3.90. The van der Waals surface area contributed by atoms with Crippen LogP contribution in [0.5, 0.6) is 0 Å². The molecule has 1 N–H and O–H groups in total. The molecule has 64 valence electrons. The Labute approximate surface area is 68.2 Å². The van der Waals surface area contributed by atoms with Gasteiger partial charge in [0.1, 0.15) is 0 Å². The van der Waals surface area contributed by atoms with Gasteiger partial charge in [-0.15, -0.1) is 0 Å². The Morgan fingerprint density at radius 3 is 2.82 bits per heavy atom. The van der Waals surface area contributed by atoms with Gasteiger partial charge >= 0.3 is 0 Å². The van der Waals surface area contributed by atoms with Crippen molar-refractivity contribution in [1.82, 2.24) is 4.90 Å². The number of hydrogen-bond acceptors (Lipinski definition) is 2. The summed E-state index contributed by atoms with van der Waals surface area (Å²) in [6, 6.07) is 0.881. The van der Waals surface area contributed by atoms with E-state index in [0.717, 1.165) is 24.9 Å². The molecule has 2 unspecified atom stereocenters. The van der Waals surface area contributed by atoms with Crippen LogP contribution in [-0.2, 0) is 0 Å². The van der Waals surface area contributed by atoms with Crippen molar-refractivity contribution < 1.29 is 5.11 Å². The molecule has 2 heteroatoms. The van der Waals surface area contributed by atoms with E-state index in [9.17, 15) is 0 Å². The maximum absolute atomic E-state index is 8.67. The Hall–Kier alpha value is -0.0800. The molecule has 0 amide bonds. The zero-order valence-corrected chi connectivity index (χ0v) is 7.00. The predicted molar refractivity (Wildman–Crippen MR) is 44.4 cm³/mol. The summed E-state index contributed by atoms with van der Waals surface area (Å²) in [5.41, 5.74) is 0. The highest BCUT2D eigenvalue weighted by Crippen LogP contribution is 2.37. The fourth-order valence-corrected chi connectivity index (χ4v) is 2.57. The van der Waals surface area contributed by atoms with E-state index in [2.05, 4.69) is 4.90 Å². The van der Waals surface area contributed by atoms with Gasteiger partial charge < -0.3 is 10.0 Å². The quantitative estimate of drug-likeness (QED) is 0.653. The molecule has 2 rings (SSSR count). The van der Waals surface area contributed by atoms with E-state index >= 15 is 0 Å². The van der Waals surface area contributed by atoms with Gasteiger partial charge in [0.25, 0.3) is 0 Å². The zero-order chi connectivity index (χ0) is 7.68. The molecule has 0 aromatic heterocycles. The van der Waals surface area contributed by atoms with E-state index in [1.54, 1.807) is 0 Å². The summed E-state index contributed by atoms with van der Waals surface area (Å²) in [4.78, 5) is 2.56. The van der Waals surface area contributed by atoms with Crippen molar-refractivity contribution in [1.29, 1.82) is 0 Å². The van der Waals surface area contributed by atoms with Crippen molar-refractivity contribution in [2.45, 2.75) is 31.7 Å². The van der Waals surface area contributed by atoms with Gasteiger partial charge in [-0.2, -0.15) is 0 Å². The number of piperidine rings is 1. The normalized spacial score (nSPS) is 36.8. The van der Waals surface area contributed by atoms with Crippen molar-refractivity contribution in [3.63, 3.8) is 0 Å². The third-order valence-electron chi connectivity index (χ3n) is 3.13. The van der Waals surface area contributed by atoms with Crippen LogP contribution in [-0.4, -0.2) is 35.7 Å². The number of fused-ring (bicyclic) bond motifs is 2. The topological polar surface area (TPSA) is 23.5 Å². The second kappa shape index (κ2) is 3.11. The third kappa shape index (κ3) is 1.42. The van der Waals surface area contributed by atoms with Crippen molar-refractivity contribution in [2.75, 3.05) is 19.7 Å². The number of rotatable bonds is 3. The smallest absolute Gasteiger partial charge is 0.0443 e. The molecule has 2 aliphatic rings. The lowest BCUT2D eigenvalue weighted by atomic mass is 10.1. The average Bonchev–Trinajstić information content (AvgIpc) is 2.60. The molecule has 1 aliphatic carbocycles. The van der Waals surface area contributed by atoms with Gasteiger partial charge in [0.2, 0.25) is 0 Å². The SMILES string of the molecule is OCCCN1CC2CCC1C2. The van der Waals surface area contributed by atoms with Crippen LogP contribution in [0, 0.1) is 5.92 Å². The Morgan fingerprint density at radius 1 is 1.36 bits per heavy atom. The molecule has 0 aromatic carbocycles. The first-order valence-corrected chi connectivity index (χ1v) is 4.75. The van der Waals surface area contributed by atoms with Gasteiger partial charge in [0.15, 0.2) is 0 Å². The van der Waals surface area contributed by atoms with Crippen LogP contribution >= 0.6 is 0 Å². The minimum absolute atomic E-state index is 0.355. The van der Waals surface area contributed by atoms with E-state index in [0.29, 0.717) is 6.61 Å². The summed E-state index contributed by atoms with van der Waals surface area (Å²) in [6.45, 7) is 2.79. The minimum Gasteiger partial charge on any atom is -0.396 e. The monoisotopic (exact) mass is 155 g/mol. The predicted octanol–water partition coefficient (Wildman–Crippen LogP) is 0.853. The molecule has 2 nitrogen and oxygen atoms in total. The van der Waals surface area contributed by atoms with Gasteiger partial charge in [-0.1, -0.05) is 0 Å². The fourth-order valence-electron chi connectivity index (χ4n) is 2.57. The molecule has 2 atom stereocenters. The first-order valence-electron chi connectivity index (χ1n) is 4.75. The number of aliphatic hydroxyl groups is 1. The molecular formula is C9H17NO. The van der Waals surface area contributed by atoms with Crippen molar-refractivity contribution in [3.05, 3.63) is 0 Å². The molecule has 0 spiro atoms. The van der Waals surface area contributed by atoms with Crippen molar-refractivity contribution in [2.24, 2.45) is 5.92 Å². The second-order valence-corrected chi connectivity index (χ2v) is 3.90. The van der Waals surface area contributed by atoms with Gasteiger partial charge in [-0.25, -0.2) is 0 Å². The largest absolute Gasteiger partial charge is 0.396 e. The zero-order valence-electron chi connectivity index (χ0n) is 7.00. The Balaban J connectivity index is 1.78. The fraction of sp³-hybridized carbons (Fsp3) is 1.00. The van der Waals surface area contributed by atoms with Crippen LogP contribution in [0.2, 0.25) is 0 Å². The summed E-state index contributed by atoms with van der Waals surface area (Å²) >= 11 is 0. The van der Waals surface area contributed by atoms with E-state index in [1.165, 1.54) is 25.8 Å². The third-order valence-corrected chi connectivity index (χ3v) is 3.13. The van der Waals surface area contributed by atoms with Crippen LogP contribution in [0.25, 0.3) is 0 Å². The molecule has 0 aromatic rings. The first kappa shape index (κ1) is 7.56. The highest BCUT2D eigenvalue weighted by molar-refractivity contribution is 4.91. The molecular weight excluding hydrogens is 138 g/mol. The Morgan fingerprint density at radius 2 is 2.27 bits per heavy atom. The van der Waals surface area contributed by atoms with Gasteiger partial charge in [0, 0.05) is 25.7 Å². The molecule has 1 saturated heterocycles. The van der Waals surface area contributed by atoms with E-state index in [-0.39, 0.29) is 0 Å². The molecule has 1 aliphatic heterocycles. The summed E-state index contributed by atoms with van der Waals surface area (Å²) in [6.07, 6.45) is 5.27. The van der Waals surface area contributed by atoms with E-state index in [1.807, 2.05) is 0 Å². The van der Waals surface area contributed by atoms with Gasteiger partial charge in [0.05, 0.1) is 0 Å². The van der Waals surface area contributed by atoms with Gasteiger partial charge in [-0.3, -0.25) is 0 Å². The highest BCUT2D eigenvalue weighted by Gasteiger charge is 2.36. The first-order chi connectivity index (χ1) is 5.40. The highest BCUT2D eigenvalue weighted by atomic mass is 16.3. The standard InChI is InChI=1S/C9H17NO/c11-5-1-4-10-7-8-2-3-9(10)6-8/h8-9,11H,1-7H2. The summed E-state index contributed by atoms with van der Waals surface area (Å²) in [5, 5.41) is 8.67. The lowest BCUT2D eigenvalue weighted by Gasteiger charge is -2.26. The lowest BCUT2D eigenvalue weighted by molar-refractivity contribution is 0.187. The van der Waals surface area contributed by atoms with E-state index in [4.69, 9.17) is 5.11 Å². The number of hydrogen-bond donors (Lipinski definition) is 1. The number of nitrogens with zero attached hydrogens (tertiary/aromatic N) is 1. The number of likely N-dealkylation sites (tertiary alicyclic amines) is 1. The van der Waals surface area contributed by atoms with Crippen LogP contribution in [0.1, 0.15) is 25.7 Å². The maximum Gasteiger partial charge on any atom is 0.0443 e. The molecule has 0 radical (unpaired) electrons. The van der Waals surface area contributed by atoms with Crippen LogP contribution in [0.3, 0.4) is 0 Å². The Bertz CT molecular complexity index is 138. The summed E-state index contributed by atoms with van der Waals surface area (Å²) in [7, 11) is 0. The molecule has 1 saturated carbocycles. The van der Waals surface area contributed by atoms with Gasteiger partial charge in [-0.05, 0) is 31.6 Å². The molecule has 2 fully saturated rings. The van der Waals surface area contributed by atoms with Crippen LogP contribution in [0.15, 0.2) is 0 Å². The summed E-state index contributed by atoms with van der Waals surface area (Å²) < 4.78 is 0. The summed E-state index contributed by atoms with van der Waals surface area (Å²) in [5.74, 6) is 0.999. The average molecular weight is 155 g/mol. The maximum atomic E-state index is 8.67. The molecule has 1 heterocycles. The molecule has 2 bridgehead atoms. The van der Waals surface area contributed by atoms with Crippen LogP contribution < -0.4 is 0 Å². The molecule has 11 heavy (non-hydrogen) atoms. The minimum atomic E-state index is 0.355. The Kier molecular flexibility index (Phi) is 2.14.